The van der Waals surface area contributed by atoms with Crippen LogP contribution in [-0.2, 0) is 4.79 Å². The zero-order chi connectivity index (χ0) is 15.4. The number of amides is 1. The second-order valence-corrected chi connectivity index (χ2v) is 5.55. The summed E-state index contributed by atoms with van der Waals surface area (Å²) in [6.07, 6.45) is 3.73. The van der Waals surface area contributed by atoms with E-state index in [0.29, 0.717) is 11.5 Å². The summed E-state index contributed by atoms with van der Waals surface area (Å²) in [6, 6.07) is 13.2. The number of benzene rings is 1. The maximum atomic E-state index is 12.0. The molecule has 22 heavy (non-hydrogen) atoms. The van der Waals surface area contributed by atoms with Crippen LogP contribution in [0.2, 0.25) is 0 Å². The fraction of sp³-hybridized carbons (Fsp3) is 0.125. The monoisotopic (exact) mass is 313 g/mol. The highest BCUT2D eigenvalue weighted by atomic mass is 32.2. The number of hydrogen-bond acceptors (Lipinski definition) is 4. The van der Waals surface area contributed by atoms with Crippen LogP contribution in [0.3, 0.4) is 0 Å². The van der Waals surface area contributed by atoms with Crippen molar-refractivity contribution in [2.24, 2.45) is 0 Å². The van der Waals surface area contributed by atoms with E-state index >= 15 is 0 Å². The van der Waals surface area contributed by atoms with Crippen LogP contribution >= 0.6 is 11.8 Å². The standard InChI is InChI=1S/C16H15N3O2S/c1-21-14-7-4-5-12(9-14)18-15(20)11-22-16-17-10-13-6-2-3-8-19(13)16/h2-10H,11H2,1H3,(H,18,20). The molecule has 3 aromatic rings. The highest BCUT2D eigenvalue weighted by molar-refractivity contribution is 7.99. The summed E-state index contributed by atoms with van der Waals surface area (Å²) in [6.45, 7) is 0. The Balaban J connectivity index is 1.62. The van der Waals surface area contributed by atoms with Crippen molar-refractivity contribution in [2.75, 3.05) is 18.2 Å². The van der Waals surface area contributed by atoms with Crippen molar-refractivity contribution in [3.05, 3.63) is 54.9 Å². The first kappa shape index (κ1) is 14.5. The second kappa shape index (κ2) is 6.53. The Morgan fingerprint density at radius 2 is 2.23 bits per heavy atom. The van der Waals surface area contributed by atoms with Crippen molar-refractivity contribution >= 4 is 28.9 Å². The van der Waals surface area contributed by atoms with Gasteiger partial charge in [0.15, 0.2) is 5.16 Å². The zero-order valence-corrected chi connectivity index (χ0v) is 12.8. The number of imidazole rings is 1. The van der Waals surface area contributed by atoms with Gasteiger partial charge in [0.05, 0.1) is 24.6 Å². The Bertz CT molecular complexity index is 801. The number of carbonyl (C=O) groups excluding carboxylic acids is 1. The van der Waals surface area contributed by atoms with Crippen molar-refractivity contribution < 1.29 is 9.53 Å². The number of hydrogen-bond donors (Lipinski definition) is 1. The number of carbonyl (C=O) groups is 1. The number of nitrogens with one attached hydrogen (secondary N) is 1. The molecule has 0 saturated heterocycles. The van der Waals surface area contributed by atoms with Gasteiger partial charge in [-0.2, -0.15) is 0 Å². The topological polar surface area (TPSA) is 55.6 Å². The SMILES string of the molecule is COc1cccc(NC(=O)CSc2ncc3ccccn23)c1. The van der Waals surface area contributed by atoms with E-state index in [0.717, 1.165) is 16.4 Å². The number of ether oxygens (including phenoxy) is 1. The molecule has 2 aromatic heterocycles. The van der Waals surface area contributed by atoms with Crippen LogP contribution in [-0.4, -0.2) is 28.2 Å². The van der Waals surface area contributed by atoms with Gasteiger partial charge in [-0.1, -0.05) is 23.9 Å². The third-order valence-corrected chi connectivity index (χ3v) is 4.06. The molecule has 112 valence electrons. The van der Waals surface area contributed by atoms with Gasteiger partial charge in [-0.15, -0.1) is 0 Å². The van der Waals surface area contributed by atoms with Gasteiger partial charge in [-0.25, -0.2) is 4.98 Å². The minimum Gasteiger partial charge on any atom is -0.497 e. The summed E-state index contributed by atoms with van der Waals surface area (Å²) < 4.78 is 7.10. The van der Waals surface area contributed by atoms with Crippen LogP contribution in [0.1, 0.15) is 0 Å². The largest absolute Gasteiger partial charge is 0.497 e. The Hall–Kier alpha value is -2.47. The summed E-state index contributed by atoms with van der Waals surface area (Å²) >= 11 is 1.40. The number of anilines is 1. The van der Waals surface area contributed by atoms with Gasteiger partial charge in [-0.05, 0) is 24.3 Å². The van der Waals surface area contributed by atoms with E-state index in [1.165, 1.54) is 11.8 Å². The van der Waals surface area contributed by atoms with Gasteiger partial charge in [0, 0.05) is 18.0 Å². The van der Waals surface area contributed by atoms with Crippen LogP contribution in [0.4, 0.5) is 5.69 Å². The molecule has 0 aliphatic carbocycles. The molecule has 1 amide bonds. The second-order valence-electron chi connectivity index (χ2n) is 4.61. The molecule has 0 saturated carbocycles. The number of pyridine rings is 1. The smallest absolute Gasteiger partial charge is 0.234 e. The van der Waals surface area contributed by atoms with Crippen molar-refractivity contribution in [1.82, 2.24) is 9.38 Å². The number of thioether (sulfide) groups is 1. The van der Waals surface area contributed by atoms with E-state index in [2.05, 4.69) is 10.3 Å². The van der Waals surface area contributed by atoms with E-state index in [1.807, 2.05) is 47.0 Å². The quantitative estimate of drug-likeness (QED) is 0.736. The van der Waals surface area contributed by atoms with Gasteiger partial charge >= 0.3 is 0 Å². The molecule has 0 fully saturated rings. The van der Waals surface area contributed by atoms with Gasteiger partial charge in [0.25, 0.3) is 0 Å². The van der Waals surface area contributed by atoms with E-state index in [1.54, 1.807) is 19.4 Å². The van der Waals surface area contributed by atoms with E-state index in [-0.39, 0.29) is 5.91 Å². The molecule has 0 spiro atoms. The van der Waals surface area contributed by atoms with Crippen LogP contribution in [0.15, 0.2) is 60.0 Å². The molecule has 2 heterocycles. The van der Waals surface area contributed by atoms with Crippen molar-refractivity contribution in [2.45, 2.75) is 5.16 Å². The molecule has 0 aliphatic rings. The number of methoxy groups -OCH3 is 1. The Kier molecular flexibility index (Phi) is 4.29. The molecule has 0 bridgehead atoms. The summed E-state index contributed by atoms with van der Waals surface area (Å²) in [7, 11) is 1.60. The van der Waals surface area contributed by atoms with Crippen LogP contribution < -0.4 is 10.1 Å². The average Bonchev–Trinajstić information content (AvgIpc) is 2.96. The zero-order valence-electron chi connectivity index (χ0n) is 12.0. The lowest BCUT2D eigenvalue weighted by molar-refractivity contribution is -0.113. The first-order chi connectivity index (χ1) is 10.8. The summed E-state index contributed by atoms with van der Waals surface area (Å²) in [4.78, 5) is 16.4. The first-order valence-electron chi connectivity index (χ1n) is 6.75. The molecule has 1 N–H and O–H groups in total. The highest BCUT2D eigenvalue weighted by Crippen LogP contribution is 2.20. The van der Waals surface area contributed by atoms with Gasteiger partial charge in [0.1, 0.15) is 5.75 Å². The summed E-state index contributed by atoms with van der Waals surface area (Å²) in [5, 5.41) is 3.65. The maximum absolute atomic E-state index is 12.0. The number of rotatable bonds is 5. The number of nitrogens with zero attached hydrogens (tertiary/aromatic N) is 2. The molecule has 1 aromatic carbocycles. The minimum atomic E-state index is -0.0778. The fourth-order valence-corrected chi connectivity index (χ4v) is 2.82. The van der Waals surface area contributed by atoms with E-state index in [9.17, 15) is 4.79 Å². The molecule has 6 heteroatoms. The van der Waals surface area contributed by atoms with E-state index < -0.39 is 0 Å². The number of aromatic nitrogens is 2. The molecular formula is C16H15N3O2S. The number of fused-ring (bicyclic) bond motifs is 1. The lowest BCUT2D eigenvalue weighted by Gasteiger charge is -2.06. The lowest BCUT2D eigenvalue weighted by atomic mass is 10.3. The third-order valence-electron chi connectivity index (χ3n) is 3.09. The predicted octanol–water partition coefficient (Wildman–Crippen LogP) is 3.07. The fourth-order valence-electron chi connectivity index (χ4n) is 2.05. The van der Waals surface area contributed by atoms with Crippen molar-refractivity contribution in [3.8, 4) is 5.75 Å². The third kappa shape index (κ3) is 3.23. The summed E-state index contributed by atoms with van der Waals surface area (Å²) in [5.41, 5.74) is 1.73. The van der Waals surface area contributed by atoms with Gasteiger partial charge in [-0.3, -0.25) is 9.20 Å². The molecule has 5 nitrogen and oxygen atoms in total. The highest BCUT2D eigenvalue weighted by Gasteiger charge is 2.08. The average molecular weight is 313 g/mol. The Morgan fingerprint density at radius 1 is 1.32 bits per heavy atom. The molecule has 0 unspecified atom stereocenters. The lowest BCUT2D eigenvalue weighted by Crippen LogP contribution is -2.14. The van der Waals surface area contributed by atoms with Crippen LogP contribution in [0.5, 0.6) is 5.75 Å². The first-order valence-corrected chi connectivity index (χ1v) is 7.73. The van der Waals surface area contributed by atoms with E-state index in [4.69, 9.17) is 4.74 Å². The maximum Gasteiger partial charge on any atom is 0.234 e. The molecule has 0 radical (unpaired) electrons. The summed E-state index contributed by atoms with van der Waals surface area (Å²) in [5.74, 6) is 0.932. The molecule has 0 aliphatic heterocycles. The van der Waals surface area contributed by atoms with Crippen LogP contribution in [0.25, 0.3) is 5.52 Å². The molecule has 3 rings (SSSR count). The van der Waals surface area contributed by atoms with Crippen LogP contribution in [0, 0.1) is 0 Å². The van der Waals surface area contributed by atoms with Crippen molar-refractivity contribution in [1.29, 1.82) is 0 Å². The normalized spacial score (nSPS) is 10.6. The Morgan fingerprint density at radius 3 is 3.09 bits per heavy atom. The van der Waals surface area contributed by atoms with Crippen molar-refractivity contribution in [3.63, 3.8) is 0 Å². The minimum absolute atomic E-state index is 0.0778. The van der Waals surface area contributed by atoms with Gasteiger partial charge < -0.3 is 10.1 Å². The molecular weight excluding hydrogens is 298 g/mol. The molecule has 0 atom stereocenters. The van der Waals surface area contributed by atoms with Gasteiger partial charge in [0.2, 0.25) is 5.91 Å². The predicted molar refractivity (Wildman–Crippen MR) is 87.5 cm³/mol. The Labute approximate surface area is 132 Å².